The Balaban J connectivity index is 1.90. The van der Waals surface area contributed by atoms with Crippen LogP contribution in [0.5, 0.6) is 0 Å². The van der Waals surface area contributed by atoms with Gasteiger partial charge in [-0.15, -0.1) is 0 Å². The molecule has 128 valence electrons. The van der Waals surface area contributed by atoms with Crippen molar-refractivity contribution in [1.29, 1.82) is 0 Å². The fraction of sp³-hybridized carbons (Fsp3) is 0.684. The van der Waals surface area contributed by atoms with Crippen molar-refractivity contribution < 1.29 is 19.4 Å². The first-order chi connectivity index (χ1) is 10.9. The van der Waals surface area contributed by atoms with Crippen molar-refractivity contribution in [1.82, 2.24) is 0 Å². The number of allylic oxidation sites excluding steroid dienone is 2. The van der Waals surface area contributed by atoms with Crippen molar-refractivity contribution in [2.24, 2.45) is 17.3 Å². The molecule has 0 saturated carbocycles. The number of aliphatic carboxylic acids is 1. The van der Waals surface area contributed by atoms with Crippen molar-refractivity contribution in [2.75, 3.05) is 6.61 Å². The van der Waals surface area contributed by atoms with E-state index in [-0.39, 0.29) is 22.8 Å². The second-order valence-corrected chi connectivity index (χ2v) is 7.20. The molecule has 0 radical (unpaired) electrons. The van der Waals surface area contributed by atoms with Gasteiger partial charge in [-0.2, -0.15) is 0 Å². The molecule has 0 aromatic heterocycles. The van der Waals surface area contributed by atoms with Gasteiger partial charge in [-0.3, -0.25) is 0 Å². The van der Waals surface area contributed by atoms with Crippen LogP contribution in [0.15, 0.2) is 23.3 Å². The number of hydrogen-bond donors (Lipinski definition) is 1. The van der Waals surface area contributed by atoms with E-state index < -0.39 is 11.9 Å². The highest BCUT2D eigenvalue weighted by Gasteiger charge is 2.54. The van der Waals surface area contributed by atoms with Crippen LogP contribution >= 0.6 is 0 Å². The van der Waals surface area contributed by atoms with Crippen molar-refractivity contribution in [3.8, 4) is 0 Å². The molecule has 2 bridgehead atoms. The summed E-state index contributed by atoms with van der Waals surface area (Å²) in [4.78, 5) is 24.0. The van der Waals surface area contributed by atoms with E-state index in [1.807, 2.05) is 26.0 Å². The third-order valence-electron chi connectivity index (χ3n) is 5.19. The lowest BCUT2D eigenvalue weighted by Crippen LogP contribution is -2.23. The predicted molar refractivity (Wildman–Crippen MR) is 88.9 cm³/mol. The Hall–Kier alpha value is -1.58. The number of esters is 1. The molecule has 0 spiro atoms. The molecule has 2 rings (SSSR count). The standard InChI is InChI=1S/C19H28O4/c1-4-5-6-7-8-9-12-23-18(22)16-14-11-10-13(19(14,2)3)15(16)17(20)21/h10-11,13-14H,4-9,12H2,1-3H3,(H,20,21). The molecule has 0 aromatic rings. The van der Waals surface area contributed by atoms with Gasteiger partial charge >= 0.3 is 11.9 Å². The molecule has 4 heteroatoms. The summed E-state index contributed by atoms with van der Waals surface area (Å²) in [6.07, 6.45) is 10.6. The van der Waals surface area contributed by atoms with Crippen LogP contribution in [0.4, 0.5) is 0 Å². The number of ether oxygens (including phenoxy) is 1. The minimum Gasteiger partial charge on any atom is -0.478 e. The number of rotatable bonds is 9. The zero-order valence-electron chi connectivity index (χ0n) is 14.4. The first-order valence-electron chi connectivity index (χ1n) is 8.74. The van der Waals surface area contributed by atoms with Crippen LogP contribution in [0.25, 0.3) is 0 Å². The lowest BCUT2D eigenvalue weighted by Gasteiger charge is -2.25. The van der Waals surface area contributed by atoms with Gasteiger partial charge in [0.15, 0.2) is 0 Å². The molecule has 23 heavy (non-hydrogen) atoms. The van der Waals surface area contributed by atoms with Gasteiger partial charge in [0, 0.05) is 11.8 Å². The molecule has 2 aliphatic carbocycles. The zero-order chi connectivity index (χ0) is 17.0. The number of carboxylic acids is 1. The second kappa shape index (κ2) is 7.33. The highest BCUT2D eigenvalue weighted by atomic mass is 16.5. The number of hydrogen-bond acceptors (Lipinski definition) is 3. The SMILES string of the molecule is CCCCCCCCOC(=O)C1=C(C(=O)O)C2C=CC1C2(C)C. The molecule has 1 N–H and O–H groups in total. The normalized spacial score (nSPS) is 24.3. The Morgan fingerprint density at radius 2 is 1.61 bits per heavy atom. The topological polar surface area (TPSA) is 63.6 Å². The van der Waals surface area contributed by atoms with E-state index in [2.05, 4.69) is 6.92 Å². The third kappa shape index (κ3) is 3.51. The summed E-state index contributed by atoms with van der Waals surface area (Å²) in [5.41, 5.74) is 0.346. The van der Waals surface area contributed by atoms with E-state index in [9.17, 15) is 14.7 Å². The molecule has 0 fully saturated rings. The minimum atomic E-state index is -0.999. The summed E-state index contributed by atoms with van der Waals surface area (Å²) in [5, 5.41) is 9.48. The summed E-state index contributed by atoms with van der Waals surface area (Å²) < 4.78 is 5.36. The monoisotopic (exact) mass is 320 g/mol. The lowest BCUT2D eigenvalue weighted by molar-refractivity contribution is -0.140. The molecule has 0 heterocycles. The van der Waals surface area contributed by atoms with Crippen LogP contribution < -0.4 is 0 Å². The highest BCUT2D eigenvalue weighted by Crippen LogP contribution is 2.56. The van der Waals surface area contributed by atoms with E-state index in [0.717, 1.165) is 19.3 Å². The van der Waals surface area contributed by atoms with Crippen molar-refractivity contribution in [3.05, 3.63) is 23.3 Å². The summed E-state index contributed by atoms with van der Waals surface area (Å²) in [6.45, 7) is 6.59. The van der Waals surface area contributed by atoms with Crippen LogP contribution in [0.1, 0.15) is 59.3 Å². The highest BCUT2D eigenvalue weighted by molar-refractivity contribution is 6.03. The van der Waals surface area contributed by atoms with Crippen LogP contribution in [-0.4, -0.2) is 23.7 Å². The Labute approximate surface area is 138 Å². The Morgan fingerprint density at radius 1 is 1.04 bits per heavy atom. The first kappa shape index (κ1) is 17.8. The van der Waals surface area contributed by atoms with Gasteiger partial charge in [0.05, 0.1) is 17.8 Å². The second-order valence-electron chi connectivity index (χ2n) is 7.20. The number of fused-ring (bicyclic) bond motifs is 2. The van der Waals surface area contributed by atoms with Crippen LogP contribution in [0, 0.1) is 17.3 Å². The van der Waals surface area contributed by atoms with E-state index in [1.54, 1.807) is 0 Å². The van der Waals surface area contributed by atoms with Crippen molar-refractivity contribution in [2.45, 2.75) is 59.3 Å². The van der Waals surface area contributed by atoms with Gasteiger partial charge in [0.2, 0.25) is 0 Å². The number of carbonyl (C=O) groups excluding carboxylic acids is 1. The van der Waals surface area contributed by atoms with Crippen molar-refractivity contribution >= 4 is 11.9 Å². The van der Waals surface area contributed by atoms with Crippen molar-refractivity contribution in [3.63, 3.8) is 0 Å². The van der Waals surface area contributed by atoms with E-state index in [1.165, 1.54) is 19.3 Å². The summed E-state index contributed by atoms with van der Waals surface area (Å²) in [5.74, 6) is -1.78. The number of carbonyl (C=O) groups is 2. The maximum Gasteiger partial charge on any atom is 0.335 e. The quantitative estimate of drug-likeness (QED) is 0.394. The molecular formula is C19H28O4. The molecule has 0 aromatic carbocycles. The first-order valence-corrected chi connectivity index (χ1v) is 8.74. The molecule has 4 nitrogen and oxygen atoms in total. The van der Waals surface area contributed by atoms with E-state index in [0.29, 0.717) is 12.2 Å². The average Bonchev–Trinajstić information content (AvgIpc) is 2.92. The molecule has 2 unspecified atom stereocenters. The minimum absolute atomic E-state index is 0.143. The van der Waals surface area contributed by atoms with Crippen LogP contribution in [0.2, 0.25) is 0 Å². The molecule has 0 aliphatic heterocycles. The zero-order valence-corrected chi connectivity index (χ0v) is 14.4. The predicted octanol–water partition coefficient (Wildman–Crippen LogP) is 4.11. The van der Waals surface area contributed by atoms with Crippen LogP contribution in [0.3, 0.4) is 0 Å². The fourth-order valence-corrected chi connectivity index (χ4v) is 3.79. The van der Waals surface area contributed by atoms with Gasteiger partial charge in [-0.1, -0.05) is 65.0 Å². The smallest absolute Gasteiger partial charge is 0.335 e. The van der Waals surface area contributed by atoms with Crippen LogP contribution in [-0.2, 0) is 14.3 Å². The molecule has 0 amide bonds. The van der Waals surface area contributed by atoms with Gasteiger partial charge in [-0.25, -0.2) is 9.59 Å². The van der Waals surface area contributed by atoms with E-state index >= 15 is 0 Å². The third-order valence-corrected chi connectivity index (χ3v) is 5.19. The summed E-state index contributed by atoms with van der Waals surface area (Å²) in [6, 6.07) is 0. The summed E-state index contributed by atoms with van der Waals surface area (Å²) >= 11 is 0. The van der Waals surface area contributed by atoms with Gasteiger partial charge in [0.25, 0.3) is 0 Å². The van der Waals surface area contributed by atoms with E-state index in [4.69, 9.17) is 4.74 Å². The Bertz CT molecular complexity index is 527. The largest absolute Gasteiger partial charge is 0.478 e. The Morgan fingerprint density at radius 3 is 2.22 bits per heavy atom. The molecule has 2 aliphatic rings. The molecule has 2 atom stereocenters. The van der Waals surface area contributed by atoms with Gasteiger partial charge in [0.1, 0.15) is 0 Å². The lowest BCUT2D eigenvalue weighted by atomic mass is 9.77. The maximum atomic E-state index is 12.4. The number of carboxylic acid groups (broad SMARTS) is 1. The van der Waals surface area contributed by atoms with Gasteiger partial charge in [-0.05, 0) is 11.8 Å². The molecule has 0 saturated heterocycles. The number of unbranched alkanes of at least 4 members (excludes halogenated alkanes) is 5. The average molecular weight is 320 g/mol. The van der Waals surface area contributed by atoms with Gasteiger partial charge < -0.3 is 9.84 Å². The fourth-order valence-electron chi connectivity index (χ4n) is 3.79. The maximum absolute atomic E-state index is 12.4. The summed E-state index contributed by atoms with van der Waals surface area (Å²) in [7, 11) is 0. The molecular weight excluding hydrogens is 292 g/mol. The Kier molecular flexibility index (Phi) is 5.66.